The molecule has 0 aromatic heterocycles. The second kappa shape index (κ2) is 4.07. The molecule has 1 heterocycles. The fraction of sp³-hybridized carbons (Fsp3) is 0.500. The molecular weight excluding hydrogens is 176 g/mol. The average Bonchev–Trinajstić information content (AvgIpc) is 2.41. The number of allylic oxidation sites excluding steroid dienone is 3. The van der Waals surface area contributed by atoms with Gasteiger partial charge in [0.25, 0.3) is 0 Å². The summed E-state index contributed by atoms with van der Waals surface area (Å²) in [7, 11) is 0. The molecule has 1 unspecified atom stereocenters. The van der Waals surface area contributed by atoms with Crippen molar-refractivity contribution < 1.29 is 0 Å². The van der Waals surface area contributed by atoms with E-state index in [1.165, 1.54) is 17.7 Å². The Hall–Kier alpha value is -0.610. The third kappa shape index (κ3) is 2.00. The molecule has 1 aliphatic heterocycles. The predicted octanol–water partition coefficient (Wildman–Crippen LogP) is 3.37. The maximum Gasteiger partial charge on any atom is 0.0594 e. The normalized spacial score (nSPS) is 26.1. The van der Waals surface area contributed by atoms with Crippen molar-refractivity contribution in [3.05, 3.63) is 22.6 Å². The monoisotopic (exact) mass is 190 g/mol. The van der Waals surface area contributed by atoms with Gasteiger partial charge in [0.15, 0.2) is 0 Å². The minimum Gasteiger partial charge on any atom is -0.113 e. The maximum atomic E-state index is 3.23. The SMILES string of the molecule is CCC1C=CC2=C(CC#CCS2)C1. The van der Waals surface area contributed by atoms with Crippen LogP contribution < -0.4 is 0 Å². The summed E-state index contributed by atoms with van der Waals surface area (Å²) < 4.78 is 0. The van der Waals surface area contributed by atoms with E-state index < -0.39 is 0 Å². The molecule has 2 aliphatic rings. The summed E-state index contributed by atoms with van der Waals surface area (Å²) in [5.74, 6) is 8.14. The Morgan fingerprint density at radius 2 is 2.46 bits per heavy atom. The molecule has 0 saturated carbocycles. The van der Waals surface area contributed by atoms with Crippen LogP contribution in [0.25, 0.3) is 0 Å². The summed E-state index contributed by atoms with van der Waals surface area (Å²) in [6, 6.07) is 0. The van der Waals surface area contributed by atoms with Gasteiger partial charge < -0.3 is 0 Å². The van der Waals surface area contributed by atoms with Crippen LogP contribution in [0.2, 0.25) is 0 Å². The Bertz CT molecular complexity index is 312. The molecule has 0 radical (unpaired) electrons. The molecule has 0 aromatic rings. The summed E-state index contributed by atoms with van der Waals surface area (Å²) in [6.45, 7) is 2.26. The van der Waals surface area contributed by atoms with Crippen molar-refractivity contribution in [3.63, 3.8) is 0 Å². The fourth-order valence-corrected chi connectivity index (χ4v) is 2.61. The molecule has 0 spiro atoms. The lowest BCUT2D eigenvalue weighted by molar-refractivity contribution is 0.608. The largest absolute Gasteiger partial charge is 0.113 e. The highest BCUT2D eigenvalue weighted by Crippen LogP contribution is 2.34. The van der Waals surface area contributed by atoms with Crippen LogP contribution in [0.1, 0.15) is 26.2 Å². The Morgan fingerprint density at radius 1 is 1.54 bits per heavy atom. The van der Waals surface area contributed by atoms with Gasteiger partial charge in [-0.25, -0.2) is 0 Å². The van der Waals surface area contributed by atoms with E-state index in [9.17, 15) is 0 Å². The van der Waals surface area contributed by atoms with Gasteiger partial charge in [-0.15, -0.1) is 11.8 Å². The smallest absolute Gasteiger partial charge is 0.0594 e. The third-order valence-corrected chi connectivity index (χ3v) is 3.65. The molecule has 1 aliphatic carbocycles. The molecule has 1 heteroatoms. The van der Waals surface area contributed by atoms with E-state index in [1.807, 2.05) is 11.8 Å². The van der Waals surface area contributed by atoms with E-state index in [0.29, 0.717) is 0 Å². The second-order valence-corrected chi connectivity index (χ2v) is 4.54. The Morgan fingerprint density at radius 3 is 3.31 bits per heavy atom. The summed E-state index contributed by atoms with van der Waals surface area (Å²) in [6.07, 6.45) is 8.15. The lowest BCUT2D eigenvalue weighted by Gasteiger charge is -2.19. The van der Waals surface area contributed by atoms with Crippen LogP contribution in [0, 0.1) is 17.8 Å². The van der Waals surface area contributed by atoms with Crippen LogP contribution in [-0.2, 0) is 0 Å². The van der Waals surface area contributed by atoms with E-state index in [1.54, 1.807) is 5.57 Å². The van der Waals surface area contributed by atoms with Crippen molar-refractivity contribution >= 4 is 11.8 Å². The zero-order chi connectivity index (χ0) is 9.10. The molecule has 0 aromatic carbocycles. The minimum atomic E-state index is 0.763. The van der Waals surface area contributed by atoms with Crippen molar-refractivity contribution in [1.29, 1.82) is 0 Å². The zero-order valence-corrected chi connectivity index (χ0v) is 8.79. The molecule has 0 nitrogen and oxygen atoms in total. The van der Waals surface area contributed by atoms with Crippen molar-refractivity contribution in [2.75, 3.05) is 5.75 Å². The summed E-state index contributed by atoms with van der Waals surface area (Å²) in [4.78, 5) is 1.47. The van der Waals surface area contributed by atoms with Gasteiger partial charge in [-0.3, -0.25) is 0 Å². The second-order valence-electron chi connectivity index (χ2n) is 3.52. The minimum absolute atomic E-state index is 0.763. The Balaban J connectivity index is 2.17. The van der Waals surface area contributed by atoms with Crippen LogP contribution in [-0.4, -0.2) is 5.75 Å². The quantitative estimate of drug-likeness (QED) is 0.571. The molecule has 13 heavy (non-hydrogen) atoms. The highest BCUT2D eigenvalue weighted by atomic mass is 32.2. The Kier molecular flexibility index (Phi) is 2.80. The standard InChI is InChI=1S/C12H14S/c1-2-10-6-7-12-11(9-10)5-3-4-8-13-12/h6-7,10H,2,5,8-9H2,1H3. The highest BCUT2D eigenvalue weighted by molar-refractivity contribution is 8.03. The predicted molar refractivity (Wildman–Crippen MR) is 59.4 cm³/mol. The number of hydrogen-bond donors (Lipinski definition) is 0. The van der Waals surface area contributed by atoms with Gasteiger partial charge in [0.2, 0.25) is 0 Å². The average molecular weight is 190 g/mol. The molecule has 1 atom stereocenters. The first-order valence-corrected chi connectivity index (χ1v) is 5.87. The molecule has 68 valence electrons. The third-order valence-electron chi connectivity index (χ3n) is 2.63. The lowest BCUT2D eigenvalue weighted by atomic mass is 9.91. The van der Waals surface area contributed by atoms with E-state index >= 15 is 0 Å². The van der Waals surface area contributed by atoms with E-state index in [2.05, 4.69) is 30.9 Å². The van der Waals surface area contributed by atoms with Crippen molar-refractivity contribution in [2.24, 2.45) is 5.92 Å². The van der Waals surface area contributed by atoms with Crippen molar-refractivity contribution in [3.8, 4) is 11.8 Å². The van der Waals surface area contributed by atoms with Gasteiger partial charge in [-0.2, -0.15) is 0 Å². The first-order chi connectivity index (χ1) is 6.40. The van der Waals surface area contributed by atoms with Gasteiger partial charge in [-0.1, -0.05) is 30.9 Å². The molecule has 0 saturated heterocycles. The maximum absolute atomic E-state index is 3.23. The molecule has 2 rings (SSSR count). The van der Waals surface area contributed by atoms with E-state index in [4.69, 9.17) is 0 Å². The summed E-state index contributed by atoms with van der Waals surface area (Å²) in [5, 5.41) is 0. The highest BCUT2D eigenvalue weighted by Gasteiger charge is 2.15. The van der Waals surface area contributed by atoms with Gasteiger partial charge in [0, 0.05) is 11.3 Å². The molecule has 0 fully saturated rings. The Labute approximate surface area is 84.5 Å². The number of thioether (sulfide) groups is 1. The number of rotatable bonds is 1. The van der Waals surface area contributed by atoms with Crippen LogP contribution in [0.15, 0.2) is 22.6 Å². The van der Waals surface area contributed by atoms with Crippen LogP contribution in [0.3, 0.4) is 0 Å². The first-order valence-electron chi connectivity index (χ1n) is 4.89. The van der Waals surface area contributed by atoms with Crippen LogP contribution >= 0.6 is 11.8 Å². The summed E-state index contributed by atoms with van der Waals surface area (Å²) in [5.41, 5.74) is 1.57. The summed E-state index contributed by atoms with van der Waals surface area (Å²) >= 11 is 1.90. The van der Waals surface area contributed by atoms with Gasteiger partial charge in [0.1, 0.15) is 0 Å². The molecular formula is C12H14S. The zero-order valence-electron chi connectivity index (χ0n) is 7.97. The van der Waals surface area contributed by atoms with Crippen LogP contribution in [0.5, 0.6) is 0 Å². The topological polar surface area (TPSA) is 0 Å². The number of hydrogen-bond acceptors (Lipinski definition) is 1. The van der Waals surface area contributed by atoms with Crippen molar-refractivity contribution in [1.82, 2.24) is 0 Å². The molecule has 0 N–H and O–H groups in total. The van der Waals surface area contributed by atoms with Gasteiger partial charge >= 0.3 is 0 Å². The van der Waals surface area contributed by atoms with Gasteiger partial charge in [-0.05, 0) is 24.3 Å². The van der Waals surface area contributed by atoms with E-state index in [-0.39, 0.29) is 0 Å². The van der Waals surface area contributed by atoms with Crippen LogP contribution in [0.4, 0.5) is 0 Å². The first kappa shape index (κ1) is 8.97. The molecule has 0 amide bonds. The molecule has 0 bridgehead atoms. The van der Waals surface area contributed by atoms with E-state index in [0.717, 1.165) is 18.1 Å². The van der Waals surface area contributed by atoms with Gasteiger partial charge in [0.05, 0.1) is 5.75 Å². The lowest BCUT2D eigenvalue weighted by Crippen LogP contribution is -2.02. The fourth-order valence-electron chi connectivity index (χ4n) is 1.75. The van der Waals surface area contributed by atoms with Crippen molar-refractivity contribution in [2.45, 2.75) is 26.2 Å².